The SMILES string of the molecule is CNCc1c(C=O)c2c3ccccc3[nH]c2c2[nH]c3ccccc3c12. The van der Waals surface area contributed by atoms with Crippen LogP contribution in [0, 0.1) is 0 Å². The van der Waals surface area contributed by atoms with Crippen LogP contribution >= 0.6 is 0 Å². The Bertz CT molecular complexity index is 1280. The summed E-state index contributed by atoms with van der Waals surface area (Å²) in [5.41, 5.74) is 5.99. The number of hydrogen-bond acceptors (Lipinski definition) is 2. The van der Waals surface area contributed by atoms with Gasteiger partial charge >= 0.3 is 0 Å². The Hall–Kier alpha value is -3.11. The van der Waals surface area contributed by atoms with Gasteiger partial charge in [0, 0.05) is 44.7 Å². The first-order valence-electron chi connectivity index (χ1n) is 8.39. The maximum Gasteiger partial charge on any atom is 0.151 e. The molecule has 4 nitrogen and oxygen atoms in total. The third-order valence-corrected chi connectivity index (χ3v) is 5.03. The monoisotopic (exact) mass is 327 g/mol. The summed E-state index contributed by atoms with van der Waals surface area (Å²) in [6.45, 7) is 0.641. The first kappa shape index (κ1) is 14.3. The Kier molecular flexibility index (Phi) is 2.96. The number of H-pyrrole nitrogens is 2. The van der Waals surface area contributed by atoms with E-state index < -0.39 is 0 Å². The summed E-state index contributed by atoms with van der Waals surface area (Å²) in [6, 6.07) is 16.4. The van der Waals surface area contributed by atoms with E-state index in [2.05, 4.69) is 39.6 Å². The van der Waals surface area contributed by atoms with Gasteiger partial charge < -0.3 is 15.3 Å². The summed E-state index contributed by atoms with van der Waals surface area (Å²) in [4.78, 5) is 19.2. The van der Waals surface area contributed by atoms with Gasteiger partial charge in [0.2, 0.25) is 0 Å². The quantitative estimate of drug-likeness (QED) is 0.428. The number of carbonyl (C=O) groups is 1. The van der Waals surface area contributed by atoms with Gasteiger partial charge in [-0.15, -0.1) is 0 Å². The normalized spacial score (nSPS) is 11.9. The van der Waals surface area contributed by atoms with Crippen LogP contribution in [0.2, 0.25) is 0 Å². The molecule has 0 bridgehead atoms. The fraction of sp³-hybridized carbons (Fsp3) is 0.0952. The van der Waals surface area contributed by atoms with E-state index in [-0.39, 0.29) is 0 Å². The summed E-state index contributed by atoms with van der Waals surface area (Å²) < 4.78 is 0. The van der Waals surface area contributed by atoms with E-state index in [0.29, 0.717) is 6.54 Å². The van der Waals surface area contributed by atoms with Crippen LogP contribution < -0.4 is 5.32 Å². The first-order chi connectivity index (χ1) is 12.3. The van der Waals surface area contributed by atoms with Crippen LogP contribution in [-0.4, -0.2) is 23.3 Å². The first-order valence-corrected chi connectivity index (χ1v) is 8.39. The van der Waals surface area contributed by atoms with Gasteiger partial charge in [-0.25, -0.2) is 0 Å². The van der Waals surface area contributed by atoms with Gasteiger partial charge in [0.15, 0.2) is 6.29 Å². The van der Waals surface area contributed by atoms with Gasteiger partial charge in [-0.3, -0.25) is 4.79 Å². The average Bonchev–Trinajstić information content (AvgIpc) is 3.21. The highest BCUT2D eigenvalue weighted by Crippen LogP contribution is 2.39. The molecule has 0 aliphatic carbocycles. The van der Waals surface area contributed by atoms with Gasteiger partial charge in [-0.2, -0.15) is 0 Å². The van der Waals surface area contributed by atoms with Crippen molar-refractivity contribution in [3.05, 3.63) is 59.7 Å². The summed E-state index contributed by atoms with van der Waals surface area (Å²) in [5.74, 6) is 0. The van der Waals surface area contributed by atoms with Gasteiger partial charge in [-0.05, 0) is 24.7 Å². The lowest BCUT2D eigenvalue weighted by atomic mass is 9.96. The number of aldehydes is 1. The maximum atomic E-state index is 12.1. The molecule has 0 atom stereocenters. The molecule has 25 heavy (non-hydrogen) atoms. The lowest BCUT2D eigenvalue weighted by Gasteiger charge is -2.09. The molecule has 0 aliphatic rings. The van der Waals surface area contributed by atoms with Crippen LogP contribution in [-0.2, 0) is 6.54 Å². The number of hydrogen-bond donors (Lipinski definition) is 3. The average molecular weight is 327 g/mol. The zero-order valence-corrected chi connectivity index (χ0v) is 13.8. The summed E-state index contributed by atoms with van der Waals surface area (Å²) >= 11 is 0. The maximum absolute atomic E-state index is 12.1. The highest BCUT2D eigenvalue weighted by atomic mass is 16.1. The van der Waals surface area contributed by atoms with Crippen molar-refractivity contribution in [1.29, 1.82) is 0 Å². The Balaban J connectivity index is 2.14. The molecular formula is C21H17N3O. The Morgan fingerprint density at radius 2 is 1.44 bits per heavy atom. The van der Waals surface area contributed by atoms with Crippen molar-refractivity contribution in [3.63, 3.8) is 0 Å². The highest BCUT2D eigenvalue weighted by Gasteiger charge is 2.20. The van der Waals surface area contributed by atoms with Gasteiger partial charge in [0.1, 0.15) is 0 Å². The second-order valence-corrected chi connectivity index (χ2v) is 6.38. The minimum atomic E-state index is 0.641. The summed E-state index contributed by atoms with van der Waals surface area (Å²) in [5, 5.41) is 7.57. The van der Waals surface area contributed by atoms with Gasteiger partial charge in [0.05, 0.1) is 11.0 Å². The number of fused-ring (bicyclic) bond motifs is 7. The van der Waals surface area contributed by atoms with E-state index in [1.807, 2.05) is 31.3 Å². The molecule has 0 saturated carbocycles. The number of carbonyl (C=O) groups excluding carboxylic acids is 1. The Labute approximate surface area is 143 Å². The molecule has 0 fully saturated rings. The second-order valence-electron chi connectivity index (χ2n) is 6.38. The van der Waals surface area contributed by atoms with Gasteiger partial charge in [-0.1, -0.05) is 36.4 Å². The van der Waals surface area contributed by atoms with Crippen LogP contribution in [0.1, 0.15) is 15.9 Å². The summed E-state index contributed by atoms with van der Waals surface area (Å²) in [6.07, 6.45) is 0.997. The molecule has 4 heteroatoms. The number of aromatic nitrogens is 2. The molecule has 2 aromatic heterocycles. The zero-order chi connectivity index (χ0) is 17.0. The zero-order valence-electron chi connectivity index (χ0n) is 13.8. The van der Waals surface area contributed by atoms with Crippen LogP contribution in [0.25, 0.3) is 43.6 Å². The molecule has 5 rings (SSSR count). The fourth-order valence-corrected chi connectivity index (χ4v) is 4.03. The molecule has 122 valence electrons. The fourth-order valence-electron chi connectivity index (χ4n) is 4.03. The summed E-state index contributed by atoms with van der Waals surface area (Å²) in [7, 11) is 1.91. The molecule has 3 N–H and O–H groups in total. The molecule has 0 aliphatic heterocycles. The molecule has 0 spiro atoms. The number of para-hydroxylation sites is 2. The lowest BCUT2D eigenvalue weighted by Crippen LogP contribution is -2.08. The number of aromatic amines is 2. The van der Waals surface area contributed by atoms with Crippen molar-refractivity contribution >= 4 is 49.9 Å². The smallest absolute Gasteiger partial charge is 0.151 e. The van der Waals surface area contributed by atoms with Crippen molar-refractivity contribution in [1.82, 2.24) is 15.3 Å². The Morgan fingerprint density at radius 3 is 2.04 bits per heavy atom. The van der Waals surface area contributed by atoms with Crippen LogP contribution in [0.3, 0.4) is 0 Å². The standard InChI is InChI=1S/C21H17N3O/c1-22-10-14-15(11-25)19-13-7-3-5-9-17(13)24-21(19)20-18(14)12-6-2-4-8-16(12)23-20/h2-9,11,22-24H,10H2,1H3. The highest BCUT2D eigenvalue weighted by molar-refractivity contribution is 6.27. The van der Waals surface area contributed by atoms with Crippen molar-refractivity contribution in [2.75, 3.05) is 7.05 Å². The third-order valence-electron chi connectivity index (χ3n) is 5.03. The van der Waals surface area contributed by atoms with Crippen LogP contribution in [0.5, 0.6) is 0 Å². The largest absolute Gasteiger partial charge is 0.353 e. The molecule has 0 radical (unpaired) electrons. The van der Waals surface area contributed by atoms with E-state index >= 15 is 0 Å². The predicted octanol–water partition coefficient (Wildman–Crippen LogP) is 4.49. The van der Waals surface area contributed by atoms with Crippen molar-refractivity contribution in [3.8, 4) is 0 Å². The molecule has 0 unspecified atom stereocenters. The van der Waals surface area contributed by atoms with E-state index in [9.17, 15) is 4.79 Å². The van der Waals surface area contributed by atoms with Crippen molar-refractivity contribution in [2.45, 2.75) is 6.54 Å². The third kappa shape index (κ3) is 1.83. The topological polar surface area (TPSA) is 60.7 Å². The predicted molar refractivity (Wildman–Crippen MR) is 103 cm³/mol. The lowest BCUT2D eigenvalue weighted by molar-refractivity contribution is 0.112. The molecule has 3 aromatic carbocycles. The van der Waals surface area contributed by atoms with Crippen molar-refractivity contribution in [2.24, 2.45) is 0 Å². The van der Waals surface area contributed by atoms with Crippen LogP contribution in [0.15, 0.2) is 48.5 Å². The van der Waals surface area contributed by atoms with E-state index in [1.54, 1.807) is 0 Å². The molecule has 2 heterocycles. The minimum Gasteiger partial charge on any atom is -0.353 e. The van der Waals surface area contributed by atoms with Gasteiger partial charge in [0.25, 0.3) is 0 Å². The van der Waals surface area contributed by atoms with E-state index in [4.69, 9.17) is 0 Å². The number of benzene rings is 3. The number of rotatable bonds is 3. The van der Waals surface area contributed by atoms with E-state index in [1.165, 1.54) is 0 Å². The molecule has 0 saturated heterocycles. The Morgan fingerprint density at radius 1 is 0.880 bits per heavy atom. The minimum absolute atomic E-state index is 0.641. The number of nitrogens with one attached hydrogen (secondary N) is 3. The van der Waals surface area contributed by atoms with Crippen LogP contribution in [0.4, 0.5) is 0 Å². The molecule has 5 aromatic rings. The molecule has 0 amide bonds. The van der Waals surface area contributed by atoms with E-state index in [0.717, 1.165) is 61.0 Å². The van der Waals surface area contributed by atoms with Crippen molar-refractivity contribution < 1.29 is 4.79 Å². The second kappa shape index (κ2) is 5.19. The molecular weight excluding hydrogens is 310 g/mol.